The van der Waals surface area contributed by atoms with Crippen molar-refractivity contribution in [1.82, 2.24) is 10.2 Å². The molecule has 2 aromatic rings. The van der Waals surface area contributed by atoms with Crippen LogP contribution in [0.3, 0.4) is 0 Å². The maximum atomic E-state index is 12.0. The number of aromatic nitrogens is 2. The molecule has 0 spiro atoms. The van der Waals surface area contributed by atoms with E-state index in [4.69, 9.17) is 16.0 Å². The minimum Gasteiger partial charge on any atom is -0.408 e. The lowest BCUT2D eigenvalue weighted by Gasteiger charge is -2.04. The van der Waals surface area contributed by atoms with Gasteiger partial charge in [-0.25, -0.2) is 0 Å². The van der Waals surface area contributed by atoms with Crippen LogP contribution in [0.25, 0.3) is 0 Å². The van der Waals surface area contributed by atoms with Crippen molar-refractivity contribution >= 4 is 39.5 Å². The normalized spacial score (nSPS) is 14.4. The molecular formula is C12H9BrClN3O2. The van der Waals surface area contributed by atoms with Gasteiger partial charge in [-0.05, 0) is 40.9 Å². The number of carbonyl (C=O) groups excluding carboxylic acids is 1. The Morgan fingerprint density at radius 1 is 1.42 bits per heavy atom. The summed E-state index contributed by atoms with van der Waals surface area (Å²) >= 11 is 9.31. The molecule has 0 saturated heterocycles. The third-order valence-electron chi connectivity index (χ3n) is 2.78. The molecule has 0 unspecified atom stereocenters. The lowest BCUT2D eigenvalue weighted by atomic mass is 10.2. The number of anilines is 1. The zero-order valence-electron chi connectivity index (χ0n) is 9.69. The van der Waals surface area contributed by atoms with E-state index in [1.54, 1.807) is 18.2 Å². The number of nitrogens with zero attached hydrogens (tertiary/aromatic N) is 2. The van der Waals surface area contributed by atoms with E-state index in [2.05, 4.69) is 31.4 Å². The number of amides is 1. The van der Waals surface area contributed by atoms with Gasteiger partial charge < -0.3 is 4.42 Å². The Balaban J connectivity index is 1.78. The van der Waals surface area contributed by atoms with Crippen LogP contribution in [0.15, 0.2) is 27.1 Å². The Kier molecular flexibility index (Phi) is 3.28. The molecule has 0 radical (unpaired) electrons. The van der Waals surface area contributed by atoms with Crippen LogP contribution in [0.1, 0.15) is 35.0 Å². The Labute approximate surface area is 122 Å². The van der Waals surface area contributed by atoms with Crippen LogP contribution < -0.4 is 5.32 Å². The standard InChI is InChI=1S/C12H9BrClN3O2/c13-8-3-1-2-7(9(8)14)10(18)15-12-17-16-11(19-12)6-4-5-6/h1-3,6H,4-5H2,(H,15,17,18). The van der Waals surface area contributed by atoms with Crippen LogP contribution in [0, 0.1) is 0 Å². The molecule has 1 fully saturated rings. The molecule has 1 saturated carbocycles. The van der Waals surface area contributed by atoms with Crippen molar-refractivity contribution in [3.05, 3.63) is 39.1 Å². The van der Waals surface area contributed by atoms with Gasteiger partial charge in [-0.2, -0.15) is 0 Å². The Bertz CT molecular complexity index is 640. The number of carbonyl (C=O) groups is 1. The van der Waals surface area contributed by atoms with Crippen molar-refractivity contribution < 1.29 is 9.21 Å². The van der Waals surface area contributed by atoms with Crippen molar-refractivity contribution in [3.8, 4) is 0 Å². The summed E-state index contributed by atoms with van der Waals surface area (Å²) in [6, 6.07) is 5.22. The first-order chi connectivity index (χ1) is 9.15. The monoisotopic (exact) mass is 341 g/mol. The van der Waals surface area contributed by atoms with Crippen molar-refractivity contribution in [2.45, 2.75) is 18.8 Å². The minimum atomic E-state index is -0.378. The van der Waals surface area contributed by atoms with Gasteiger partial charge in [0, 0.05) is 10.4 Å². The maximum Gasteiger partial charge on any atom is 0.322 e. The molecule has 0 aliphatic heterocycles. The summed E-state index contributed by atoms with van der Waals surface area (Å²) in [5.74, 6) is 0.556. The largest absolute Gasteiger partial charge is 0.408 e. The van der Waals surface area contributed by atoms with Crippen LogP contribution >= 0.6 is 27.5 Å². The van der Waals surface area contributed by atoms with Gasteiger partial charge in [0.2, 0.25) is 5.89 Å². The molecule has 1 heterocycles. The number of hydrogen-bond acceptors (Lipinski definition) is 4. The summed E-state index contributed by atoms with van der Waals surface area (Å²) < 4.78 is 6.02. The van der Waals surface area contributed by atoms with Crippen molar-refractivity contribution in [2.75, 3.05) is 5.32 Å². The molecule has 19 heavy (non-hydrogen) atoms. The van der Waals surface area contributed by atoms with Gasteiger partial charge in [0.1, 0.15) is 0 Å². The predicted octanol–water partition coefficient (Wildman–Crippen LogP) is 3.62. The molecule has 1 amide bonds. The van der Waals surface area contributed by atoms with Crippen LogP contribution in [0.4, 0.5) is 6.01 Å². The molecular weight excluding hydrogens is 334 g/mol. The molecule has 1 aliphatic rings. The summed E-state index contributed by atoms with van der Waals surface area (Å²) in [5.41, 5.74) is 0.349. The lowest BCUT2D eigenvalue weighted by Crippen LogP contribution is -2.12. The highest BCUT2D eigenvalue weighted by Gasteiger charge is 2.29. The zero-order valence-corrected chi connectivity index (χ0v) is 12.0. The first kappa shape index (κ1) is 12.6. The smallest absolute Gasteiger partial charge is 0.322 e. The van der Waals surface area contributed by atoms with Gasteiger partial charge in [-0.3, -0.25) is 10.1 Å². The Morgan fingerprint density at radius 2 is 2.21 bits per heavy atom. The fourth-order valence-corrected chi connectivity index (χ4v) is 2.20. The molecule has 1 aromatic heterocycles. The molecule has 1 N–H and O–H groups in total. The van der Waals surface area contributed by atoms with E-state index in [0.717, 1.165) is 12.8 Å². The molecule has 1 aromatic carbocycles. The van der Waals surface area contributed by atoms with E-state index in [-0.39, 0.29) is 11.9 Å². The van der Waals surface area contributed by atoms with E-state index in [1.807, 2.05) is 0 Å². The third-order valence-corrected chi connectivity index (χ3v) is 4.08. The van der Waals surface area contributed by atoms with Crippen molar-refractivity contribution in [2.24, 2.45) is 0 Å². The van der Waals surface area contributed by atoms with E-state index in [1.165, 1.54) is 0 Å². The van der Waals surface area contributed by atoms with Gasteiger partial charge in [0.05, 0.1) is 10.6 Å². The van der Waals surface area contributed by atoms with Gasteiger partial charge in [-0.1, -0.05) is 22.8 Å². The third kappa shape index (κ3) is 2.64. The molecule has 98 valence electrons. The molecule has 5 nitrogen and oxygen atoms in total. The lowest BCUT2D eigenvalue weighted by molar-refractivity contribution is 0.102. The zero-order chi connectivity index (χ0) is 13.4. The summed E-state index contributed by atoms with van der Waals surface area (Å²) in [7, 11) is 0. The average Bonchev–Trinajstić information content (AvgIpc) is 3.14. The predicted molar refractivity (Wildman–Crippen MR) is 73.4 cm³/mol. The minimum absolute atomic E-state index is 0.0999. The number of benzene rings is 1. The number of halogens is 2. The number of nitrogens with one attached hydrogen (secondary N) is 1. The van der Waals surface area contributed by atoms with Crippen molar-refractivity contribution in [3.63, 3.8) is 0 Å². The SMILES string of the molecule is O=C(Nc1nnc(C2CC2)o1)c1cccc(Br)c1Cl. The fraction of sp³-hybridized carbons (Fsp3) is 0.250. The highest BCUT2D eigenvalue weighted by Crippen LogP contribution is 2.39. The van der Waals surface area contributed by atoms with Crippen molar-refractivity contribution in [1.29, 1.82) is 0 Å². The molecule has 1 aliphatic carbocycles. The van der Waals surface area contributed by atoms with Crippen LogP contribution in [-0.4, -0.2) is 16.1 Å². The molecule has 3 rings (SSSR count). The quantitative estimate of drug-likeness (QED) is 0.925. The van der Waals surface area contributed by atoms with Crippen LogP contribution in [0.2, 0.25) is 5.02 Å². The van der Waals surface area contributed by atoms with Crippen LogP contribution in [0.5, 0.6) is 0 Å². The summed E-state index contributed by atoms with van der Waals surface area (Å²) in [6.07, 6.45) is 2.13. The number of rotatable bonds is 3. The van der Waals surface area contributed by atoms with Gasteiger partial charge >= 0.3 is 6.01 Å². The van der Waals surface area contributed by atoms with Gasteiger partial charge in [0.15, 0.2) is 0 Å². The van der Waals surface area contributed by atoms with E-state index >= 15 is 0 Å². The first-order valence-corrected chi connectivity index (χ1v) is 6.91. The topological polar surface area (TPSA) is 68.0 Å². The fourth-order valence-electron chi connectivity index (χ4n) is 1.62. The second-order valence-electron chi connectivity index (χ2n) is 4.28. The second kappa shape index (κ2) is 4.94. The molecule has 0 atom stereocenters. The highest BCUT2D eigenvalue weighted by atomic mass is 79.9. The molecule has 7 heteroatoms. The van der Waals surface area contributed by atoms with E-state index < -0.39 is 0 Å². The van der Waals surface area contributed by atoms with E-state index in [0.29, 0.717) is 26.9 Å². The van der Waals surface area contributed by atoms with Gasteiger partial charge in [0.25, 0.3) is 5.91 Å². The Hall–Kier alpha value is -1.40. The second-order valence-corrected chi connectivity index (χ2v) is 5.51. The number of hydrogen-bond donors (Lipinski definition) is 1. The Morgan fingerprint density at radius 3 is 2.95 bits per heavy atom. The van der Waals surface area contributed by atoms with E-state index in [9.17, 15) is 4.79 Å². The first-order valence-electron chi connectivity index (χ1n) is 5.74. The molecule has 0 bridgehead atoms. The van der Waals surface area contributed by atoms with Crippen LogP contribution in [-0.2, 0) is 0 Å². The summed E-state index contributed by atoms with van der Waals surface area (Å²) in [4.78, 5) is 12.0. The summed E-state index contributed by atoms with van der Waals surface area (Å²) in [5, 5.41) is 10.6. The van der Waals surface area contributed by atoms with Gasteiger partial charge in [-0.15, -0.1) is 5.10 Å². The average molecular weight is 343 g/mol. The highest BCUT2D eigenvalue weighted by molar-refractivity contribution is 9.10. The maximum absolute atomic E-state index is 12.0. The summed E-state index contributed by atoms with van der Waals surface area (Å²) in [6.45, 7) is 0.